The zero-order chi connectivity index (χ0) is 19.1. The molecule has 1 aliphatic rings. The summed E-state index contributed by atoms with van der Waals surface area (Å²) in [5.74, 6) is 0.626. The van der Waals surface area contributed by atoms with E-state index in [0.29, 0.717) is 12.0 Å². The first-order chi connectivity index (χ1) is 13.6. The highest BCUT2D eigenvalue weighted by Crippen LogP contribution is 2.32. The molecule has 0 aromatic carbocycles. The normalized spacial score (nSPS) is 22.7. The van der Waals surface area contributed by atoms with Crippen LogP contribution in [0, 0.1) is 0 Å². The Morgan fingerprint density at radius 2 is 2.18 bits per heavy atom. The highest BCUT2D eigenvalue weighted by molar-refractivity contribution is 5.93. The summed E-state index contributed by atoms with van der Waals surface area (Å²) in [6.45, 7) is 2.05. The van der Waals surface area contributed by atoms with Gasteiger partial charge in [0.25, 0.3) is 0 Å². The van der Waals surface area contributed by atoms with Gasteiger partial charge in [0, 0.05) is 35.6 Å². The van der Waals surface area contributed by atoms with Crippen LogP contribution in [0.15, 0.2) is 37.1 Å². The van der Waals surface area contributed by atoms with Crippen LogP contribution in [-0.4, -0.2) is 46.3 Å². The lowest BCUT2D eigenvalue weighted by Gasteiger charge is -2.35. The van der Waals surface area contributed by atoms with E-state index in [9.17, 15) is 5.11 Å². The fraction of sp³-hybridized carbons (Fsp3) is 0.400. The first-order valence-electron chi connectivity index (χ1n) is 9.76. The number of H-pyrrole nitrogens is 1. The minimum Gasteiger partial charge on any atom is -0.390 e. The van der Waals surface area contributed by atoms with Gasteiger partial charge in [0.1, 0.15) is 12.0 Å². The van der Waals surface area contributed by atoms with Crippen LogP contribution in [0.3, 0.4) is 0 Å². The minimum absolute atomic E-state index is 0.300. The van der Waals surface area contributed by atoms with E-state index in [2.05, 4.69) is 37.3 Å². The van der Waals surface area contributed by atoms with E-state index in [0.717, 1.165) is 59.9 Å². The topological polar surface area (TPSA) is 104 Å². The summed E-state index contributed by atoms with van der Waals surface area (Å²) in [6, 6.07) is 4.31. The molecule has 3 N–H and O–H groups in total. The Kier molecular flexibility index (Phi) is 4.01. The smallest absolute Gasteiger partial charge is 0.224 e. The van der Waals surface area contributed by atoms with Gasteiger partial charge in [-0.15, -0.1) is 0 Å². The van der Waals surface area contributed by atoms with Crippen LogP contribution < -0.4 is 5.32 Å². The van der Waals surface area contributed by atoms with Gasteiger partial charge in [0.2, 0.25) is 5.95 Å². The number of nitrogens with zero attached hydrogens (tertiary/aromatic N) is 5. The van der Waals surface area contributed by atoms with Crippen LogP contribution in [0.25, 0.3) is 27.8 Å². The van der Waals surface area contributed by atoms with Crippen molar-refractivity contribution in [2.75, 3.05) is 5.32 Å². The van der Waals surface area contributed by atoms with Crippen LogP contribution in [0.5, 0.6) is 0 Å². The summed E-state index contributed by atoms with van der Waals surface area (Å²) >= 11 is 0. The third kappa shape index (κ3) is 2.99. The maximum Gasteiger partial charge on any atom is 0.224 e. The monoisotopic (exact) mass is 377 g/mol. The summed E-state index contributed by atoms with van der Waals surface area (Å²) < 4.78 is 1.74. The summed E-state index contributed by atoms with van der Waals surface area (Å²) in [4.78, 5) is 16.7. The molecule has 0 aliphatic heterocycles. The average molecular weight is 377 g/mol. The van der Waals surface area contributed by atoms with Gasteiger partial charge < -0.3 is 15.4 Å². The van der Waals surface area contributed by atoms with Crippen molar-refractivity contribution in [1.29, 1.82) is 0 Å². The molecule has 8 nitrogen and oxygen atoms in total. The van der Waals surface area contributed by atoms with Gasteiger partial charge >= 0.3 is 0 Å². The fourth-order valence-electron chi connectivity index (χ4n) is 4.03. The van der Waals surface area contributed by atoms with Crippen molar-refractivity contribution in [3.8, 4) is 11.1 Å². The molecule has 28 heavy (non-hydrogen) atoms. The lowest BCUT2D eigenvalue weighted by atomic mass is 9.80. The standard InChI is InChI=1S/C20H23N7O/c1-2-20(28)6-3-14(4-7-20)25-19-22-11-16-15(10-21-18(16)26-19)13-5-8-27-17(9-13)23-12-24-27/h5,8-12,14,28H,2-4,6-7H2,1H3,(H2,21,22,25,26). The largest absolute Gasteiger partial charge is 0.390 e. The Morgan fingerprint density at radius 1 is 1.32 bits per heavy atom. The summed E-state index contributed by atoms with van der Waals surface area (Å²) in [5.41, 5.74) is 3.19. The number of rotatable bonds is 4. The summed E-state index contributed by atoms with van der Waals surface area (Å²) in [6.07, 6.45) is 11.6. The zero-order valence-corrected chi connectivity index (χ0v) is 15.8. The number of hydrogen-bond donors (Lipinski definition) is 3. The van der Waals surface area contributed by atoms with Gasteiger partial charge in [-0.3, -0.25) is 0 Å². The Labute approximate surface area is 162 Å². The molecule has 4 aromatic heterocycles. The molecule has 1 fully saturated rings. The second kappa shape index (κ2) is 6.56. The van der Waals surface area contributed by atoms with Gasteiger partial charge in [0.05, 0.1) is 5.60 Å². The number of aliphatic hydroxyl groups is 1. The van der Waals surface area contributed by atoms with Gasteiger partial charge in [-0.2, -0.15) is 10.1 Å². The van der Waals surface area contributed by atoms with E-state index >= 15 is 0 Å². The average Bonchev–Trinajstić information content (AvgIpc) is 3.35. The molecule has 1 saturated carbocycles. The summed E-state index contributed by atoms with van der Waals surface area (Å²) in [5, 5.41) is 18.9. The molecule has 5 rings (SSSR count). The van der Waals surface area contributed by atoms with Crippen molar-refractivity contribution in [3.63, 3.8) is 0 Å². The molecule has 0 amide bonds. The molecule has 0 spiro atoms. The molecular weight excluding hydrogens is 354 g/mol. The van der Waals surface area contributed by atoms with Crippen LogP contribution >= 0.6 is 0 Å². The molecule has 1 aliphatic carbocycles. The third-order valence-electron chi connectivity index (χ3n) is 5.93. The number of anilines is 1. The number of nitrogens with one attached hydrogen (secondary N) is 2. The molecule has 0 radical (unpaired) electrons. The molecule has 0 atom stereocenters. The van der Waals surface area contributed by atoms with Crippen LogP contribution in [0.2, 0.25) is 0 Å². The van der Waals surface area contributed by atoms with E-state index in [1.807, 2.05) is 30.7 Å². The van der Waals surface area contributed by atoms with Crippen molar-refractivity contribution in [2.24, 2.45) is 0 Å². The Bertz CT molecular complexity index is 1120. The van der Waals surface area contributed by atoms with Gasteiger partial charge in [-0.25, -0.2) is 14.5 Å². The first-order valence-corrected chi connectivity index (χ1v) is 9.76. The van der Waals surface area contributed by atoms with Crippen LogP contribution in [-0.2, 0) is 0 Å². The van der Waals surface area contributed by atoms with E-state index in [4.69, 9.17) is 0 Å². The van der Waals surface area contributed by atoms with E-state index < -0.39 is 5.60 Å². The minimum atomic E-state index is -0.497. The fourth-order valence-corrected chi connectivity index (χ4v) is 4.03. The van der Waals surface area contributed by atoms with Crippen molar-refractivity contribution in [2.45, 2.75) is 50.7 Å². The molecular formula is C20H23N7O. The van der Waals surface area contributed by atoms with E-state index in [1.54, 1.807) is 10.8 Å². The van der Waals surface area contributed by atoms with Gasteiger partial charge in [0.15, 0.2) is 5.65 Å². The van der Waals surface area contributed by atoms with Crippen LogP contribution in [0.1, 0.15) is 39.0 Å². The first kappa shape index (κ1) is 17.1. The lowest BCUT2D eigenvalue weighted by Crippen LogP contribution is -2.38. The molecule has 0 bridgehead atoms. The highest BCUT2D eigenvalue weighted by Gasteiger charge is 2.31. The number of fused-ring (bicyclic) bond motifs is 2. The predicted octanol–water partition coefficient (Wildman–Crippen LogP) is 3.16. The number of aromatic amines is 1. The molecule has 0 unspecified atom stereocenters. The molecule has 8 heteroatoms. The van der Waals surface area contributed by atoms with Gasteiger partial charge in [-0.05, 0) is 49.8 Å². The Hall–Kier alpha value is -3.00. The quantitative estimate of drug-likeness (QED) is 0.505. The van der Waals surface area contributed by atoms with Crippen LogP contribution in [0.4, 0.5) is 5.95 Å². The second-order valence-electron chi connectivity index (χ2n) is 7.63. The van der Waals surface area contributed by atoms with Crippen molar-refractivity contribution in [3.05, 3.63) is 37.1 Å². The van der Waals surface area contributed by atoms with E-state index in [-0.39, 0.29) is 0 Å². The lowest BCUT2D eigenvalue weighted by molar-refractivity contribution is -0.00197. The predicted molar refractivity (Wildman–Crippen MR) is 107 cm³/mol. The Balaban J connectivity index is 1.38. The number of hydrogen-bond acceptors (Lipinski definition) is 6. The zero-order valence-electron chi connectivity index (χ0n) is 15.8. The molecule has 4 heterocycles. The molecule has 0 saturated heterocycles. The Morgan fingerprint density at radius 3 is 3.00 bits per heavy atom. The van der Waals surface area contributed by atoms with Gasteiger partial charge in [-0.1, -0.05) is 6.92 Å². The van der Waals surface area contributed by atoms with E-state index in [1.165, 1.54) is 0 Å². The maximum atomic E-state index is 10.4. The van der Waals surface area contributed by atoms with Crippen molar-refractivity contribution in [1.82, 2.24) is 29.5 Å². The third-order valence-corrected chi connectivity index (χ3v) is 5.93. The SMILES string of the molecule is CCC1(O)CCC(Nc2ncc3c(-c4ccn5ncnc5c4)c[nH]c3n2)CC1. The molecule has 144 valence electrons. The van der Waals surface area contributed by atoms with Crippen molar-refractivity contribution >= 4 is 22.6 Å². The number of pyridine rings is 1. The molecule has 4 aromatic rings. The summed E-state index contributed by atoms with van der Waals surface area (Å²) in [7, 11) is 0. The number of aromatic nitrogens is 6. The second-order valence-corrected chi connectivity index (χ2v) is 7.63. The van der Waals surface area contributed by atoms with Crippen molar-refractivity contribution < 1.29 is 5.11 Å². The maximum absolute atomic E-state index is 10.4. The highest BCUT2D eigenvalue weighted by atomic mass is 16.3.